The molecule has 0 unspecified atom stereocenters. The normalized spacial score (nSPS) is 21.8. The number of ketones is 1. The number of ether oxygens (including phenoxy) is 2. The number of carbonyl (C=O) groups excluding carboxylic acids is 2. The Morgan fingerprint density at radius 3 is 2.85 bits per heavy atom. The van der Waals surface area contributed by atoms with Crippen molar-refractivity contribution in [3.05, 3.63) is 77.2 Å². The summed E-state index contributed by atoms with van der Waals surface area (Å²) < 4.78 is 25.3. The maximum atomic E-state index is 13.1. The van der Waals surface area contributed by atoms with Crippen molar-refractivity contribution in [2.75, 3.05) is 5.32 Å². The Balaban J connectivity index is 1.15. The predicted molar refractivity (Wildman–Crippen MR) is 118 cm³/mol. The minimum absolute atomic E-state index is 0.0244. The van der Waals surface area contributed by atoms with Crippen LogP contribution in [0.2, 0.25) is 0 Å². The van der Waals surface area contributed by atoms with Gasteiger partial charge in [-0.25, -0.2) is 9.37 Å². The van der Waals surface area contributed by atoms with Gasteiger partial charge in [0, 0.05) is 48.4 Å². The molecular weight excluding hydrogens is 423 g/mol. The van der Waals surface area contributed by atoms with Gasteiger partial charge in [0.1, 0.15) is 40.8 Å². The second-order valence-electron chi connectivity index (χ2n) is 8.80. The molecule has 0 radical (unpaired) electrons. The van der Waals surface area contributed by atoms with E-state index < -0.39 is 0 Å². The van der Waals surface area contributed by atoms with Crippen molar-refractivity contribution in [1.29, 1.82) is 0 Å². The Morgan fingerprint density at radius 1 is 1.15 bits per heavy atom. The highest BCUT2D eigenvalue weighted by atomic mass is 19.1. The van der Waals surface area contributed by atoms with Gasteiger partial charge < -0.3 is 14.8 Å². The zero-order valence-corrected chi connectivity index (χ0v) is 17.7. The second-order valence-corrected chi connectivity index (χ2v) is 8.80. The number of nitrogens with one attached hydrogen (secondary N) is 1. The molecule has 2 aromatic carbocycles. The number of benzene rings is 2. The summed E-state index contributed by atoms with van der Waals surface area (Å²) in [7, 11) is 0. The number of carbonyl (C=O) groups is 2. The quantitative estimate of drug-likeness (QED) is 0.603. The van der Waals surface area contributed by atoms with E-state index in [9.17, 15) is 14.0 Å². The second kappa shape index (κ2) is 7.69. The fraction of sp³-hybridized carbons (Fsp3) is 0.269. The number of rotatable bonds is 6. The highest BCUT2D eigenvalue weighted by Gasteiger charge is 2.59. The van der Waals surface area contributed by atoms with Crippen LogP contribution in [-0.2, 0) is 22.4 Å². The average Bonchev–Trinajstić information content (AvgIpc) is 3.31. The molecule has 0 spiro atoms. The Kier molecular flexibility index (Phi) is 4.64. The largest absolute Gasteiger partial charge is 0.489 e. The van der Waals surface area contributed by atoms with Crippen molar-refractivity contribution in [1.82, 2.24) is 4.98 Å². The van der Waals surface area contributed by atoms with Crippen molar-refractivity contribution in [3.63, 3.8) is 0 Å². The number of halogens is 1. The van der Waals surface area contributed by atoms with Gasteiger partial charge in [-0.1, -0.05) is 12.1 Å². The molecule has 6 rings (SSSR count). The van der Waals surface area contributed by atoms with Gasteiger partial charge in [0.05, 0.1) is 0 Å². The molecular formula is C26H21FN2O4. The molecule has 6 nitrogen and oxygen atoms in total. The molecule has 3 aliphatic rings. The van der Waals surface area contributed by atoms with Crippen molar-refractivity contribution in [2.24, 2.45) is 5.92 Å². The van der Waals surface area contributed by atoms with Gasteiger partial charge in [0.2, 0.25) is 5.91 Å². The molecule has 7 heteroatoms. The highest BCUT2D eigenvalue weighted by molar-refractivity contribution is 5.93. The third-order valence-corrected chi connectivity index (χ3v) is 6.58. The van der Waals surface area contributed by atoms with Crippen molar-refractivity contribution < 1.29 is 23.5 Å². The van der Waals surface area contributed by atoms with Crippen LogP contribution in [0.5, 0.6) is 17.2 Å². The van der Waals surface area contributed by atoms with E-state index in [-0.39, 0.29) is 35.4 Å². The first kappa shape index (κ1) is 19.9. The third-order valence-electron chi connectivity index (χ3n) is 6.58. The smallest absolute Gasteiger partial charge is 0.225 e. The molecule has 166 valence electrons. The van der Waals surface area contributed by atoms with Crippen LogP contribution in [0.3, 0.4) is 0 Å². The Labute approximate surface area is 189 Å². The SMILES string of the molecule is O=C(Cc1ccc(F)cc1)C[C@@H]1[C@H]2Oc3ccc(Oc4ccnc5c4CCC(=O)N5)cc3[C@@H]12. The summed E-state index contributed by atoms with van der Waals surface area (Å²) >= 11 is 0. The number of Topliss-reactive ketones (excluding diaryl/α,β-unsaturated/α-hetero) is 1. The van der Waals surface area contributed by atoms with Crippen LogP contribution in [0, 0.1) is 11.7 Å². The number of nitrogens with zero attached hydrogens (tertiary/aromatic N) is 1. The van der Waals surface area contributed by atoms with E-state index in [2.05, 4.69) is 10.3 Å². The first-order valence-corrected chi connectivity index (χ1v) is 11.1. The lowest BCUT2D eigenvalue weighted by atomic mass is 10.0. The van der Waals surface area contributed by atoms with Crippen LogP contribution in [0.15, 0.2) is 54.7 Å². The van der Waals surface area contributed by atoms with E-state index in [0.29, 0.717) is 43.0 Å². The molecule has 1 N–H and O–H groups in total. The Hall–Kier alpha value is -3.74. The summed E-state index contributed by atoms with van der Waals surface area (Å²) in [4.78, 5) is 28.4. The average molecular weight is 444 g/mol. The van der Waals surface area contributed by atoms with Crippen LogP contribution in [0.25, 0.3) is 0 Å². The molecule has 1 amide bonds. The van der Waals surface area contributed by atoms with Gasteiger partial charge in [0.15, 0.2) is 0 Å². The molecule has 3 heterocycles. The number of amides is 1. The lowest BCUT2D eigenvalue weighted by molar-refractivity contribution is -0.119. The van der Waals surface area contributed by atoms with Gasteiger partial charge in [-0.3, -0.25) is 9.59 Å². The molecule has 33 heavy (non-hydrogen) atoms. The van der Waals surface area contributed by atoms with Crippen LogP contribution in [-0.4, -0.2) is 22.8 Å². The van der Waals surface area contributed by atoms with Crippen LogP contribution in [0.1, 0.15) is 35.4 Å². The lowest BCUT2D eigenvalue weighted by Gasteiger charge is -2.19. The molecule has 1 fully saturated rings. The minimum atomic E-state index is -0.303. The Bertz CT molecular complexity index is 1270. The summed E-state index contributed by atoms with van der Waals surface area (Å²) in [5.74, 6) is 2.88. The summed E-state index contributed by atoms with van der Waals surface area (Å²) in [5, 5.41) is 2.78. The van der Waals surface area contributed by atoms with E-state index in [0.717, 1.165) is 22.4 Å². The maximum Gasteiger partial charge on any atom is 0.225 e. The first-order valence-electron chi connectivity index (χ1n) is 11.1. The number of hydrogen-bond acceptors (Lipinski definition) is 5. The number of pyridine rings is 1. The molecule has 1 saturated carbocycles. The number of fused-ring (bicyclic) bond motifs is 4. The van der Waals surface area contributed by atoms with Crippen LogP contribution in [0.4, 0.5) is 10.2 Å². The van der Waals surface area contributed by atoms with Gasteiger partial charge in [-0.15, -0.1) is 0 Å². The van der Waals surface area contributed by atoms with Crippen LogP contribution < -0.4 is 14.8 Å². The topological polar surface area (TPSA) is 77.5 Å². The fourth-order valence-corrected chi connectivity index (χ4v) is 4.90. The zero-order valence-electron chi connectivity index (χ0n) is 17.7. The van der Waals surface area contributed by atoms with E-state index in [1.54, 1.807) is 24.4 Å². The monoisotopic (exact) mass is 444 g/mol. The molecule has 1 aliphatic carbocycles. The van der Waals surface area contributed by atoms with Crippen molar-refractivity contribution in [3.8, 4) is 17.2 Å². The van der Waals surface area contributed by atoms with E-state index in [4.69, 9.17) is 9.47 Å². The summed E-state index contributed by atoms with van der Waals surface area (Å²) in [6, 6.07) is 13.6. The summed E-state index contributed by atoms with van der Waals surface area (Å²) in [6.45, 7) is 0. The molecule has 1 aromatic heterocycles. The maximum absolute atomic E-state index is 13.1. The molecule has 0 bridgehead atoms. The first-order chi connectivity index (χ1) is 16.0. The highest BCUT2D eigenvalue weighted by Crippen LogP contribution is 2.60. The molecule has 3 aromatic rings. The predicted octanol–water partition coefficient (Wildman–Crippen LogP) is 4.57. The van der Waals surface area contributed by atoms with E-state index in [1.165, 1.54) is 12.1 Å². The van der Waals surface area contributed by atoms with Gasteiger partial charge in [-0.05, 0) is 48.4 Å². The molecule has 2 aliphatic heterocycles. The Morgan fingerprint density at radius 2 is 2.00 bits per heavy atom. The van der Waals surface area contributed by atoms with Gasteiger partial charge >= 0.3 is 0 Å². The van der Waals surface area contributed by atoms with E-state index >= 15 is 0 Å². The van der Waals surface area contributed by atoms with Gasteiger partial charge in [0.25, 0.3) is 0 Å². The fourth-order valence-electron chi connectivity index (χ4n) is 4.90. The number of aromatic nitrogens is 1. The standard InChI is InChI=1S/C26H21FN2O4/c27-15-3-1-14(2-4-15)11-16(30)12-20-24-19-13-17(5-7-21(19)33-25(20)24)32-22-9-10-28-26-18(22)6-8-23(31)29-26/h1-5,7,9-10,13,20,24-25H,6,8,11-12H2,(H,28,29,31)/t20-,24-,25+/m0/s1. The summed E-state index contributed by atoms with van der Waals surface area (Å²) in [6.07, 6.45) is 3.38. The van der Waals surface area contributed by atoms with Crippen molar-refractivity contribution in [2.45, 2.75) is 37.7 Å². The number of hydrogen-bond donors (Lipinski definition) is 1. The van der Waals surface area contributed by atoms with E-state index in [1.807, 2.05) is 18.2 Å². The minimum Gasteiger partial charge on any atom is -0.489 e. The third kappa shape index (κ3) is 3.73. The molecule has 0 saturated heterocycles. The van der Waals surface area contributed by atoms with Crippen LogP contribution >= 0.6 is 0 Å². The zero-order chi connectivity index (χ0) is 22.5. The number of anilines is 1. The summed E-state index contributed by atoms with van der Waals surface area (Å²) in [5.41, 5.74) is 2.77. The van der Waals surface area contributed by atoms with Gasteiger partial charge in [-0.2, -0.15) is 0 Å². The molecule has 3 atom stereocenters. The van der Waals surface area contributed by atoms with Crippen molar-refractivity contribution >= 4 is 17.5 Å². The lowest BCUT2D eigenvalue weighted by Crippen LogP contribution is -2.20.